The normalized spacial score (nSPS) is 60.8. The molecule has 6 aliphatic carbocycles. The second-order valence-corrected chi connectivity index (χ2v) is 10.5. The minimum Gasteiger partial charge on any atom is -0.302 e. The number of Topliss-reactive ketones (excluding diaryl/α,β-unsaturated/α-hetero) is 2. The van der Waals surface area contributed by atoms with Crippen LogP contribution in [-0.2, 0) is 9.59 Å². The number of likely N-dealkylation sites (tertiary alicyclic amines) is 1. The predicted molar refractivity (Wildman–Crippen MR) is 90.2 cm³/mol. The van der Waals surface area contributed by atoms with Gasteiger partial charge in [-0.2, -0.15) is 0 Å². The summed E-state index contributed by atoms with van der Waals surface area (Å²) in [6.07, 6.45) is 5.54. The summed E-state index contributed by atoms with van der Waals surface area (Å²) in [6, 6.07) is 0.453. The van der Waals surface area contributed by atoms with E-state index in [-0.39, 0.29) is 22.2 Å². The fourth-order valence-corrected chi connectivity index (χ4v) is 9.62. The number of hydrogen-bond acceptors (Lipinski definition) is 3. The minimum atomic E-state index is -0.132. The van der Waals surface area contributed by atoms with Crippen molar-refractivity contribution in [1.29, 1.82) is 0 Å². The number of allylic oxidation sites excluding steroid dienone is 1. The third-order valence-corrected chi connectivity index (χ3v) is 9.45. The van der Waals surface area contributed by atoms with E-state index in [1.54, 1.807) is 0 Å². The van der Waals surface area contributed by atoms with E-state index in [0.717, 1.165) is 19.4 Å². The first kappa shape index (κ1) is 14.2. The zero-order valence-electron chi connectivity index (χ0n) is 14.8. The molecule has 3 heteroatoms. The van der Waals surface area contributed by atoms with E-state index < -0.39 is 0 Å². The molecule has 128 valence electrons. The molecule has 7 fully saturated rings. The van der Waals surface area contributed by atoms with Crippen LogP contribution in [0.15, 0.2) is 12.2 Å². The number of carbonyl (C=O) groups is 2. The van der Waals surface area contributed by atoms with Crippen LogP contribution < -0.4 is 0 Å². The molecule has 6 saturated carbocycles. The van der Waals surface area contributed by atoms with Crippen LogP contribution in [0.4, 0.5) is 0 Å². The van der Waals surface area contributed by atoms with Crippen LogP contribution in [0, 0.1) is 39.9 Å². The van der Waals surface area contributed by atoms with Crippen molar-refractivity contribution in [2.75, 3.05) is 13.6 Å². The molecule has 7 aliphatic rings. The van der Waals surface area contributed by atoms with Crippen LogP contribution in [0.25, 0.3) is 0 Å². The summed E-state index contributed by atoms with van der Waals surface area (Å²) in [6.45, 7) is 7.54. The summed E-state index contributed by atoms with van der Waals surface area (Å²) < 4.78 is 0. The summed E-state index contributed by atoms with van der Waals surface area (Å²) >= 11 is 0. The molecule has 1 saturated heterocycles. The molecular weight excluding hydrogens is 298 g/mol. The number of carbonyl (C=O) groups excluding carboxylic acids is 2. The molecule has 0 aromatic rings. The van der Waals surface area contributed by atoms with Crippen molar-refractivity contribution in [2.45, 2.75) is 51.5 Å². The number of fused-ring (bicyclic) bond motifs is 1. The SMILES string of the molecule is C=C1CC23CC(=O)C4C5(C)CC(=O)CC46C(C2C[C@H]1CC36)N(C)C5. The van der Waals surface area contributed by atoms with Gasteiger partial charge in [0.2, 0.25) is 0 Å². The van der Waals surface area contributed by atoms with E-state index >= 15 is 0 Å². The molecule has 24 heavy (non-hydrogen) atoms. The molecule has 0 N–H and O–H groups in total. The Morgan fingerprint density at radius 3 is 2.71 bits per heavy atom. The lowest BCUT2D eigenvalue weighted by molar-refractivity contribution is -0.186. The van der Waals surface area contributed by atoms with Gasteiger partial charge in [-0.25, -0.2) is 0 Å². The first-order valence-corrected chi connectivity index (χ1v) is 9.74. The topological polar surface area (TPSA) is 37.4 Å². The average molecular weight is 325 g/mol. The van der Waals surface area contributed by atoms with Gasteiger partial charge in [-0.15, -0.1) is 0 Å². The van der Waals surface area contributed by atoms with E-state index in [0.29, 0.717) is 48.2 Å². The molecule has 6 bridgehead atoms. The van der Waals surface area contributed by atoms with Crippen LogP contribution in [0.2, 0.25) is 0 Å². The Balaban J connectivity index is 1.66. The standard InChI is InChI=1S/C21H27NO2/c1-11-6-20-9-15(24)17-19(2)7-13(23)8-21(17)16(20)5-12(11)4-14(20)18(21)22(3)10-19/h12,14,16-18H,1,4-10H2,2-3H3/t12-,14?,16?,17?,18?,19?,20?,21?/m0/s1. The van der Waals surface area contributed by atoms with E-state index in [4.69, 9.17) is 0 Å². The molecule has 2 spiro atoms. The third kappa shape index (κ3) is 1.20. The molecule has 7 rings (SSSR count). The van der Waals surface area contributed by atoms with Crippen LogP contribution in [0.1, 0.15) is 45.4 Å². The van der Waals surface area contributed by atoms with E-state index in [2.05, 4.69) is 25.5 Å². The first-order valence-electron chi connectivity index (χ1n) is 9.74. The van der Waals surface area contributed by atoms with Crippen molar-refractivity contribution in [3.63, 3.8) is 0 Å². The van der Waals surface area contributed by atoms with Gasteiger partial charge >= 0.3 is 0 Å². The van der Waals surface area contributed by atoms with Gasteiger partial charge in [-0.1, -0.05) is 19.1 Å². The quantitative estimate of drug-likeness (QED) is 0.643. The highest BCUT2D eigenvalue weighted by molar-refractivity contribution is 5.92. The molecule has 1 heterocycles. The number of nitrogens with zero attached hydrogens (tertiary/aromatic N) is 1. The van der Waals surface area contributed by atoms with Crippen molar-refractivity contribution in [2.24, 2.45) is 39.9 Å². The zero-order valence-corrected chi connectivity index (χ0v) is 14.8. The van der Waals surface area contributed by atoms with E-state index in [9.17, 15) is 9.59 Å². The summed E-state index contributed by atoms with van der Waals surface area (Å²) in [4.78, 5) is 28.9. The summed E-state index contributed by atoms with van der Waals surface area (Å²) in [7, 11) is 2.27. The van der Waals surface area contributed by atoms with Crippen molar-refractivity contribution in [3.8, 4) is 0 Å². The average Bonchev–Trinajstić information content (AvgIpc) is 2.55. The Hall–Kier alpha value is -0.960. The fraction of sp³-hybridized carbons (Fsp3) is 0.810. The lowest BCUT2D eigenvalue weighted by atomic mass is 9.39. The Bertz CT molecular complexity index is 727. The maximum atomic E-state index is 13.5. The molecular formula is C21H27NO2. The predicted octanol–water partition coefficient (Wildman–Crippen LogP) is 2.85. The van der Waals surface area contributed by atoms with Gasteiger partial charge < -0.3 is 4.90 Å². The van der Waals surface area contributed by atoms with Crippen LogP contribution in [-0.4, -0.2) is 36.1 Å². The Kier molecular flexibility index (Phi) is 2.22. The zero-order chi connectivity index (χ0) is 16.6. The molecule has 3 nitrogen and oxygen atoms in total. The van der Waals surface area contributed by atoms with Crippen molar-refractivity contribution in [3.05, 3.63) is 12.2 Å². The Morgan fingerprint density at radius 2 is 1.92 bits per heavy atom. The van der Waals surface area contributed by atoms with Crippen LogP contribution >= 0.6 is 0 Å². The first-order chi connectivity index (χ1) is 11.3. The number of hydrogen-bond donors (Lipinski definition) is 0. The third-order valence-electron chi connectivity index (χ3n) is 9.45. The summed E-state index contributed by atoms with van der Waals surface area (Å²) in [5.41, 5.74) is 1.36. The number of ketones is 2. The van der Waals surface area contributed by atoms with Gasteiger partial charge in [0.1, 0.15) is 11.6 Å². The van der Waals surface area contributed by atoms with E-state index in [1.165, 1.54) is 18.4 Å². The van der Waals surface area contributed by atoms with Crippen LogP contribution in [0.3, 0.4) is 0 Å². The highest BCUT2D eigenvalue weighted by Crippen LogP contribution is 2.81. The summed E-state index contributed by atoms with van der Waals surface area (Å²) in [5, 5.41) is 0. The van der Waals surface area contributed by atoms with Gasteiger partial charge in [0, 0.05) is 43.2 Å². The molecule has 0 amide bonds. The van der Waals surface area contributed by atoms with Crippen molar-refractivity contribution in [1.82, 2.24) is 4.90 Å². The van der Waals surface area contributed by atoms with Gasteiger partial charge in [0.15, 0.2) is 0 Å². The fourth-order valence-electron chi connectivity index (χ4n) is 9.62. The number of piperidine rings is 1. The minimum absolute atomic E-state index is 0.0491. The molecule has 0 radical (unpaired) electrons. The maximum Gasteiger partial charge on any atom is 0.137 e. The van der Waals surface area contributed by atoms with E-state index in [1.807, 2.05) is 0 Å². The van der Waals surface area contributed by atoms with Crippen molar-refractivity contribution < 1.29 is 9.59 Å². The highest BCUT2D eigenvalue weighted by Gasteiger charge is 2.81. The smallest absolute Gasteiger partial charge is 0.137 e. The van der Waals surface area contributed by atoms with Gasteiger partial charge in [0.25, 0.3) is 0 Å². The largest absolute Gasteiger partial charge is 0.302 e. The van der Waals surface area contributed by atoms with Crippen LogP contribution in [0.5, 0.6) is 0 Å². The second kappa shape index (κ2) is 3.75. The second-order valence-electron chi connectivity index (χ2n) is 10.5. The van der Waals surface area contributed by atoms with Crippen molar-refractivity contribution >= 4 is 11.6 Å². The van der Waals surface area contributed by atoms with Gasteiger partial charge in [0.05, 0.1) is 0 Å². The van der Waals surface area contributed by atoms with Gasteiger partial charge in [-0.05, 0) is 54.9 Å². The highest BCUT2D eigenvalue weighted by atomic mass is 16.1. The Morgan fingerprint density at radius 1 is 1.12 bits per heavy atom. The molecule has 1 aliphatic heterocycles. The Labute approximate surface area is 143 Å². The molecule has 0 aromatic heterocycles. The lowest BCUT2D eigenvalue weighted by Gasteiger charge is -2.65. The lowest BCUT2D eigenvalue weighted by Crippen LogP contribution is -2.69. The maximum absolute atomic E-state index is 13.5. The molecule has 7 unspecified atom stereocenters. The molecule has 8 atom stereocenters. The number of rotatable bonds is 0. The monoisotopic (exact) mass is 325 g/mol. The molecule has 0 aromatic carbocycles. The van der Waals surface area contributed by atoms with Gasteiger partial charge in [-0.3, -0.25) is 9.59 Å². The summed E-state index contributed by atoms with van der Waals surface area (Å²) in [5.74, 6) is 2.90.